The molecular weight excluding hydrogens is 419 g/mol. The molecule has 2 aliphatic rings. The Kier molecular flexibility index (Phi) is 9.30. The van der Waals surface area contributed by atoms with E-state index in [1.807, 2.05) is 4.90 Å². The van der Waals surface area contributed by atoms with Crippen LogP contribution < -0.4 is 9.64 Å². The zero-order valence-corrected chi connectivity index (χ0v) is 18.6. The molecule has 0 amide bonds. The van der Waals surface area contributed by atoms with E-state index in [-0.39, 0.29) is 30.8 Å². The van der Waals surface area contributed by atoms with Gasteiger partial charge in [0.05, 0.1) is 18.5 Å². The Morgan fingerprint density at radius 1 is 1.19 bits per heavy atom. The van der Waals surface area contributed by atoms with E-state index < -0.39 is 17.6 Å². The molecule has 178 valence electrons. The van der Waals surface area contributed by atoms with Gasteiger partial charge in [0.25, 0.3) is 0 Å². The summed E-state index contributed by atoms with van der Waals surface area (Å²) in [5.41, 5.74) is 1.43. The molecule has 1 heterocycles. The summed E-state index contributed by atoms with van der Waals surface area (Å²) < 4.78 is 47.7. The molecule has 1 unspecified atom stereocenters. The fraction of sp³-hybridized carbons (Fsp3) is 0.640. The number of ether oxygens (including phenoxy) is 1. The van der Waals surface area contributed by atoms with Gasteiger partial charge in [-0.3, -0.25) is 9.18 Å². The highest BCUT2D eigenvalue weighted by atomic mass is 19.2. The van der Waals surface area contributed by atoms with E-state index in [1.54, 1.807) is 6.07 Å². The van der Waals surface area contributed by atoms with E-state index in [0.717, 1.165) is 44.6 Å². The lowest BCUT2D eigenvalue weighted by atomic mass is 9.86. The van der Waals surface area contributed by atoms with Crippen LogP contribution in [0.4, 0.5) is 18.9 Å². The van der Waals surface area contributed by atoms with Crippen LogP contribution in [-0.4, -0.2) is 36.9 Å². The fourth-order valence-corrected chi connectivity index (χ4v) is 4.78. The van der Waals surface area contributed by atoms with Crippen molar-refractivity contribution in [1.29, 1.82) is 0 Å². The van der Waals surface area contributed by atoms with Gasteiger partial charge < -0.3 is 14.7 Å². The van der Waals surface area contributed by atoms with Gasteiger partial charge in [-0.25, -0.2) is 8.78 Å². The highest BCUT2D eigenvalue weighted by Crippen LogP contribution is 2.36. The van der Waals surface area contributed by atoms with Crippen molar-refractivity contribution in [1.82, 2.24) is 0 Å². The van der Waals surface area contributed by atoms with Gasteiger partial charge in [-0.2, -0.15) is 0 Å². The third-order valence-corrected chi connectivity index (χ3v) is 6.50. The van der Waals surface area contributed by atoms with Crippen LogP contribution in [0, 0.1) is 17.6 Å². The van der Waals surface area contributed by atoms with Gasteiger partial charge >= 0.3 is 5.97 Å². The van der Waals surface area contributed by atoms with E-state index in [2.05, 4.69) is 6.08 Å². The van der Waals surface area contributed by atoms with Crippen molar-refractivity contribution in [3.63, 3.8) is 0 Å². The smallest absolute Gasteiger partial charge is 0.303 e. The molecule has 3 rings (SSSR count). The Morgan fingerprint density at radius 2 is 1.97 bits per heavy atom. The first-order valence-corrected chi connectivity index (χ1v) is 11.8. The second-order valence-electron chi connectivity index (χ2n) is 8.91. The topological polar surface area (TPSA) is 49.8 Å². The largest absolute Gasteiger partial charge is 0.490 e. The average molecular weight is 454 g/mol. The number of unbranched alkanes of at least 4 members (excludes halogenated alkanes) is 2. The first-order valence-electron chi connectivity index (χ1n) is 11.8. The van der Waals surface area contributed by atoms with Crippen molar-refractivity contribution in [2.45, 2.75) is 76.7 Å². The standard InChI is InChI=1S/C25H34F3NO3/c26-13-6-5-8-19-17-29(14-12-18(19)7-1-4-11-24(30)31)23-16-21(15-22(27)25(23)28)32-20-9-2-3-10-20/h7,15-16,19-20H,1-6,8-14,17H2,(H,30,31)/b18-7-. The number of anilines is 1. The van der Waals surface area contributed by atoms with Crippen LogP contribution in [0.1, 0.15) is 70.6 Å². The van der Waals surface area contributed by atoms with E-state index in [9.17, 15) is 18.0 Å². The highest BCUT2D eigenvalue weighted by Gasteiger charge is 2.27. The minimum Gasteiger partial charge on any atom is -0.490 e. The summed E-state index contributed by atoms with van der Waals surface area (Å²) in [6, 6.07) is 2.74. The van der Waals surface area contributed by atoms with Crippen molar-refractivity contribution in [2.75, 3.05) is 24.7 Å². The number of carboxylic acid groups (broad SMARTS) is 1. The van der Waals surface area contributed by atoms with Crippen LogP contribution in [0.5, 0.6) is 5.75 Å². The van der Waals surface area contributed by atoms with Crippen molar-refractivity contribution in [2.24, 2.45) is 5.92 Å². The molecule has 1 aromatic rings. The van der Waals surface area contributed by atoms with Gasteiger partial charge in [-0.1, -0.05) is 18.1 Å². The van der Waals surface area contributed by atoms with Gasteiger partial charge in [0.1, 0.15) is 5.75 Å². The Labute approximate surface area is 188 Å². The number of rotatable bonds is 11. The van der Waals surface area contributed by atoms with Crippen LogP contribution in [-0.2, 0) is 4.79 Å². The summed E-state index contributed by atoms with van der Waals surface area (Å²) in [4.78, 5) is 12.6. The maximum Gasteiger partial charge on any atom is 0.303 e. The first kappa shape index (κ1) is 24.5. The third kappa shape index (κ3) is 6.91. The van der Waals surface area contributed by atoms with Gasteiger partial charge in [0.15, 0.2) is 11.6 Å². The Hall–Kier alpha value is -2.18. The summed E-state index contributed by atoms with van der Waals surface area (Å²) in [6.07, 6.45) is 10.3. The van der Waals surface area contributed by atoms with Gasteiger partial charge in [0.2, 0.25) is 0 Å². The van der Waals surface area contributed by atoms with Crippen molar-refractivity contribution >= 4 is 11.7 Å². The van der Waals surface area contributed by atoms with E-state index in [0.29, 0.717) is 44.5 Å². The molecule has 32 heavy (non-hydrogen) atoms. The molecule has 0 bridgehead atoms. The lowest BCUT2D eigenvalue weighted by molar-refractivity contribution is -0.137. The number of allylic oxidation sites excluding steroid dienone is 1. The maximum absolute atomic E-state index is 14.7. The number of nitrogens with zero attached hydrogens (tertiary/aromatic N) is 1. The molecular formula is C25H34F3NO3. The van der Waals surface area contributed by atoms with E-state index in [1.165, 1.54) is 5.57 Å². The number of halogens is 3. The Balaban J connectivity index is 1.72. The summed E-state index contributed by atoms with van der Waals surface area (Å²) in [7, 11) is 0. The fourth-order valence-electron chi connectivity index (χ4n) is 4.78. The quantitative estimate of drug-likeness (QED) is 0.310. The zero-order chi connectivity index (χ0) is 22.9. The number of aliphatic carboxylic acids is 1. The van der Waals surface area contributed by atoms with Crippen molar-refractivity contribution in [3.8, 4) is 5.75 Å². The first-order chi connectivity index (χ1) is 15.5. The van der Waals surface area contributed by atoms with Crippen LogP contribution in [0.25, 0.3) is 0 Å². The van der Waals surface area contributed by atoms with Crippen molar-refractivity contribution in [3.05, 3.63) is 35.4 Å². The number of hydrogen-bond donors (Lipinski definition) is 1. The normalized spacial score (nSPS) is 20.8. The molecule has 0 aromatic heterocycles. The molecule has 1 aromatic carbocycles. The summed E-state index contributed by atoms with van der Waals surface area (Å²) in [6.45, 7) is 0.711. The summed E-state index contributed by atoms with van der Waals surface area (Å²) >= 11 is 0. The van der Waals surface area contributed by atoms with Crippen LogP contribution in [0.15, 0.2) is 23.8 Å². The number of carbonyl (C=O) groups is 1. The molecule has 4 nitrogen and oxygen atoms in total. The van der Waals surface area contributed by atoms with Crippen LogP contribution in [0.3, 0.4) is 0 Å². The monoisotopic (exact) mass is 453 g/mol. The van der Waals surface area contributed by atoms with Gasteiger partial charge in [0, 0.05) is 31.6 Å². The molecule has 0 spiro atoms. The molecule has 1 saturated heterocycles. The zero-order valence-electron chi connectivity index (χ0n) is 18.6. The molecule has 1 aliphatic heterocycles. The molecule has 0 radical (unpaired) electrons. The van der Waals surface area contributed by atoms with Gasteiger partial charge in [-0.05, 0) is 63.7 Å². The highest BCUT2D eigenvalue weighted by molar-refractivity contribution is 5.66. The minimum atomic E-state index is -0.903. The molecule has 1 saturated carbocycles. The Morgan fingerprint density at radius 3 is 2.69 bits per heavy atom. The van der Waals surface area contributed by atoms with E-state index in [4.69, 9.17) is 9.84 Å². The number of hydrogen-bond acceptors (Lipinski definition) is 3. The molecule has 1 aliphatic carbocycles. The Bertz CT molecular complexity index is 793. The predicted molar refractivity (Wildman–Crippen MR) is 119 cm³/mol. The third-order valence-electron chi connectivity index (χ3n) is 6.50. The summed E-state index contributed by atoms with van der Waals surface area (Å²) in [5, 5.41) is 8.83. The SMILES string of the molecule is O=C(O)CCC/C=C1/CCN(c2cc(OC3CCCC3)cc(F)c2F)CC1CCCCF. The molecule has 1 N–H and O–H groups in total. The second-order valence-corrected chi connectivity index (χ2v) is 8.91. The minimum absolute atomic E-state index is 0.0582. The number of piperidine rings is 1. The van der Waals surface area contributed by atoms with Gasteiger partial charge in [-0.15, -0.1) is 0 Å². The van der Waals surface area contributed by atoms with Crippen LogP contribution >= 0.6 is 0 Å². The molecule has 2 fully saturated rings. The van der Waals surface area contributed by atoms with Crippen molar-refractivity contribution < 1.29 is 27.8 Å². The number of benzene rings is 1. The lowest BCUT2D eigenvalue weighted by Gasteiger charge is -2.37. The number of carboxylic acids is 1. The summed E-state index contributed by atoms with van der Waals surface area (Å²) in [5.74, 6) is -2.09. The predicted octanol–water partition coefficient (Wildman–Crippen LogP) is 6.43. The van der Waals surface area contributed by atoms with Crippen LogP contribution in [0.2, 0.25) is 0 Å². The maximum atomic E-state index is 14.7. The van der Waals surface area contributed by atoms with E-state index >= 15 is 0 Å². The molecule has 1 atom stereocenters. The second kappa shape index (κ2) is 12.2. The number of alkyl halides is 1. The average Bonchev–Trinajstić information content (AvgIpc) is 3.27. The lowest BCUT2D eigenvalue weighted by Crippen LogP contribution is -2.37. The molecule has 7 heteroatoms.